The molecule has 2 amide bonds. The quantitative estimate of drug-likeness (QED) is 0.807. The van der Waals surface area contributed by atoms with Gasteiger partial charge in [0.25, 0.3) is 5.89 Å². The van der Waals surface area contributed by atoms with Crippen LogP contribution in [-0.4, -0.2) is 45.8 Å². The van der Waals surface area contributed by atoms with E-state index in [4.69, 9.17) is 4.52 Å². The van der Waals surface area contributed by atoms with Gasteiger partial charge in [-0.3, -0.25) is 0 Å². The molecule has 0 bridgehead atoms. The van der Waals surface area contributed by atoms with Crippen molar-refractivity contribution < 1.29 is 14.4 Å². The maximum absolute atomic E-state index is 12.5. The summed E-state index contributed by atoms with van der Waals surface area (Å²) in [6.07, 6.45) is 7.85. The number of likely N-dealkylation sites (tertiary alicyclic amines) is 1. The van der Waals surface area contributed by atoms with Gasteiger partial charge in [0.1, 0.15) is 0 Å². The SMILES string of the molecule is Cc1noc(C2(O)CCN(C(=O)NCCc3ccc(C4CCCCC4)cc3)C2)n1. The first kappa shape index (κ1) is 19.9. The second-order valence-electron chi connectivity index (χ2n) is 8.41. The Morgan fingerprint density at radius 2 is 2.03 bits per heavy atom. The largest absolute Gasteiger partial charge is 0.378 e. The zero-order chi connectivity index (χ0) is 20.3. The number of aryl methyl sites for hydroxylation is 1. The van der Waals surface area contributed by atoms with Crippen molar-refractivity contribution in [2.45, 2.75) is 63.4 Å². The number of benzene rings is 1. The number of carbonyl (C=O) groups is 1. The number of nitrogens with one attached hydrogen (secondary N) is 1. The highest BCUT2D eigenvalue weighted by Crippen LogP contribution is 2.33. The molecular formula is C22H30N4O3. The molecule has 1 unspecified atom stereocenters. The molecule has 1 aliphatic heterocycles. The van der Waals surface area contributed by atoms with Crippen LogP contribution in [0.15, 0.2) is 28.8 Å². The van der Waals surface area contributed by atoms with Gasteiger partial charge in [0.05, 0.1) is 6.54 Å². The van der Waals surface area contributed by atoms with E-state index < -0.39 is 5.60 Å². The number of aliphatic hydroxyl groups is 1. The van der Waals surface area contributed by atoms with E-state index in [0.717, 1.165) is 6.42 Å². The normalized spacial score (nSPS) is 22.8. The highest BCUT2D eigenvalue weighted by Gasteiger charge is 2.44. The van der Waals surface area contributed by atoms with E-state index in [1.807, 2.05) is 0 Å². The average molecular weight is 399 g/mol. The Labute approximate surface area is 171 Å². The van der Waals surface area contributed by atoms with Crippen LogP contribution in [0.4, 0.5) is 4.79 Å². The van der Waals surface area contributed by atoms with Crippen molar-refractivity contribution in [3.05, 3.63) is 47.1 Å². The monoisotopic (exact) mass is 398 g/mol. The maximum Gasteiger partial charge on any atom is 0.317 e. The summed E-state index contributed by atoms with van der Waals surface area (Å²) in [7, 11) is 0. The maximum atomic E-state index is 12.5. The van der Waals surface area contributed by atoms with Crippen molar-refractivity contribution in [2.24, 2.45) is 0 Å². The van der Waals surface area contributed by atoms with Crippen molar-refractivity contribution >= 4 is 6.03 Å². The fraction of sp³-hybridized carbons (Fsp3) is 0.591. The zero-order valence-electron chi connectivity index (χ0n) is 17.1. The predicted molar refractivity (Wildman–Crippen MR) is 108 cm³/mol. The topological polar surface area (TPSA) is 91.5 Å². The summed E-state index contributed by atoms with van der Waals surface area (Å²) >= 11 is 0. The molecule has 0 spiro atoms. The van der Waals surface area contributed by atoms with E-state index in [9.17, 15) is 9.90 Å². The third-order valence-corrected chi connectivity index (χ3v) is 6.21. The lowest BCUT2D eigenvalue weighted by atomic mass is 9.84. The lowest BCUT2D eigenvalue weighted by Gasteiger charge is -2.22. The Kier molecular flexibility index (Phi) is 5.85. The molecule has 7 nitrogen and oxygen atoms in total. The summed E-state index contributed by atoms with van der Waals surface area (Å²) in [5, 5.41) is 17.4. The van der Waals surface area contributed by atoms with Crippen LogP contribution in [0, 0.1) is 6.92 Å². The minimum Gasteiger partial charge on any atom is -0.378 e. The molecule has 0 radical (unpaired) electrons. The van der Waals surface area contributed by atoms with E-state index in [2.05, 4.69) is 39.7 Å². The summed E-state index contributed by atoms with van der Waals surface area (Å²) in [5.74, 6) is 1.38. The van der Waals surface area contributed by atoms with Gasteiger partial charge in [0, 0.05) is 19.5 Å². The van der Waals surface area contributed by atoms with Gasteiger partial charge in [-0.1, -0.05) is 48.7 Å². The first-order valence-corrected chi connectivity index (χ1v) is 10.7. The van der Waals surface area contributed by atoms with Crippen molar-refractivity contribution in [2.75, 3.05) is 19.6 Å². The number of nitrogens with zero attached hydrogens (tertiary/aromatic N) is 3. The summed E-state index contributed by atoms with van der Waals surface area (Å²) in [5.41, 5.74) is 1.42. The van der Waals surface area contributed by atoms with Gasteiger partial charge in [-0.2, -0.15) is 4.98 Å². The molecule has 2 N–H and O–H groups in total. The molecule has 1 aromatic carbocycles. The van der Waals surface area contributed by atoms with Crippen LogP contribution in [0.1, 0.15) is 67.3 Å². The van der Waals surface area contributed by atoms with Gasteiger partial charge in [-0.25, -0.2) is 4.79 Å². The Balaban J connectivity index is 1.24. The average Bonchev–Trinajstić information content (AvgIpc) is 3.36. The van der Waals surface area contributed by atoms with E-state index in [0.29, 0.717) is 31.3 Å². The molecule has 29 heavy (non-hydrogen) atoms. The fourth-order valence-corrected chi connectivity index (χ4v) is 4.45. The second kappa shape index (κ2) is 8.53. The number of carbonyl (C=O) groups excluding carboxylic acids is 1. The molecule has 2 aromatic rings. The standard InChI is InChI=1S/C22H30N4O3/c1-16-24-20(29-25-16)22(28)12-14-26(15-22)21(27)23-13-11-17-7-9-19(10-8-17)18-5-3-2-4-6-18/h7-10,18,28H,2-6,11-15H2,1H3,(H,23,27). The third-order valence-electron chi connectivity index (χ3n) is 6.21. The summed E-state index contributed by atoms with van der Waals surface area (Å²) in [4.78, 5) is 18.2. The molecule has 2 aliphatic rings. The van der Waals surface area contributed by atoms with E-state index >= 15 is 0 Å². The first-order valence-electron chi connectivity index (χ1n) is 10.7. The molecular weight excluding hydrogens is 368 g/mol. The van der Waals surface area contributed by atoms with Crippen LogP contribution >= 0.6 is 0 Å². The number of hydrogen-bond donors (Lipinski definition) is 2. The highest BCUT2D eigenvalue weighted by molar-refractivity contribution is 5.74. The fourth-order valence-electron chi connectivity index (χ4n) is 4.45. The number of hydrogen-bond acceptors (Lipinski definition) is 5. The van der Waals surface area contributed by atoms with Crippen molar-refractivity contribution in [3.8, 4) is 0 Å². The summed E-state index contributed by atoms with van der Waals surface area (Å²) < 4.78 is 5.10. The Bertz CT molecular complexity index is 829. The number of aromatic nitrogens is 2. The molecule has 1 saturated heterocycles. The molecule has 7 heteroatoms. The molecule has 156 valence electrons. The van der Waals surface area contributed by atoms with Crippen LogP contribution in [0.3, 0.4) is 0 Å². The van der Waals surface area contributed by atoms with Crippen LogP contribution in [0.5, 0.6) is 0 Å². The highest BCUT2D eigenvalue weighted by atomic mass is 16.5. The number of amides is 2. The molecule has 1 atom stereocenters. The smallest absolute Gasteiger partial charge is 0.317 e. The molecule has 1 aliphatic carbocycles. The van der Waals surface area contributed by atoms with Gasteiger partial charge < -0.3 is 19.8 Å². The third kappa shape index (κ3) is 4.61. The Morgan fingerprint density at radius 3 is 2.72 bits per heavy atom. The van der Waals surface area contributed by atoms with E-state index in [1.54, 1.807) is 11.8 Å². The van der Waals surface area contributed by atoms with Crippen LogP contribution in [0.25, 0.3) is 0 Å². The summed E-state index contributed by atoms with van der Waals surface area (Å²) in [6.45, 7) is 2.89. The van der Waals surface area contributed by atoms with E-state index in [1.165, 1.54) is 43.2 Å². The number of rotatable bonds is 5. The summed E-state index contributed by atoms with van der Waals surface area (Å²) in [6, 6.07) is 8.70. The van der Waals surface area contributed by atoms with Crippen molar-refractivity contribution in [1.29, 1.82) is 0 Å². The van der Waals surface area contributed by atoms with Gasteiger partial charge >= 0.3 is 6.03 Å². The van der Waals surface area contributed by atoms with Gasteiger partial charge in [-0.05, 0) is 43.2 Å². The van der Waals surface area contributed by atoms with Crippen molar-refractivity contribution in [3.63, 3.8) is 0 Å². The molecule has 1 aromatic heterocycles. The van der Waals surface area contributed by atoms with Crippen molar-refractivity contribution in [1.82, 2.24) is 20.4 Å². The lowest BCUT2D eigenvalue weighted by Crippen LogP contribution is -2.41. The molecule has 1 saturated carbocycles. The minimum absolute atomic E-state index is 0.163. The van der Waals surface area contributed by atoms with Crippen LogP contribution in [-0.2, 0) is 12.0 Å². The molecule has 4 rings (SSSR count). The van der Waals surface area contributed by atoms with Crippen LogP contribution in [0.2, 0.25) is 0 Å². The van der Waals surface area contributed by atoms with Gasteiger partial charge in [0.15, 0.2) is 11.4 Å². The second-order valence-corrected chi connectivity index (χ2v) is 8.41. The Hall–Kier alpha value is -2.41. The predicted octanol–water partition coefficient (Wildman–Crippen LogP) is 3.27. The van der Waals surface area contributed by atoms with Crippen LogP contribution < -0.4 is 5.32 Å². The molecule has 2 heterocycles. The van der Waals surface area contributed by atoms with E-state index in [-0.39, 0.29) is 18.5 Å². The molecule has 2 fully saturated rings. The lowest BCUT2D eigenvalue weighted by molar-refractivity contribution is 0.0167. The zero-order valence-corrected chi connectivity index (χ0v) is 17.1. The Morgan fingerprint density at radius 1 is 1.28 bits per heavy atom. The first-order chi connectivity index (χ1) is 14.0. The number of urea groups is 1. The number of β-amino-alcohol motifs (C(OH)–C–C–N with tert-alkyl or cyclic N) is 1. The minimum atomic E-state index is -1.26. The van der Waals surface area contributed by atoms with Gasteiger partial charge in [0.2, 0.25) is 0 Å². The van der Waals surface area contributed by atoms with Gasteiger partial charge in [-0.15, -0.1) is 0 Å².